The lowest BCUT2D eigenvalue weighted by atomic mass is 9.94. The number of nitrogens with zero attached hydrogens (tertiary/aromatic N) is 4. The second kappa shape index (κ2) is 6.70. The Hall–Kier alpha value is -2.21. The molecule has 0 unspecified atom stereocenters. The molecule has 116 valence electrons. The molecule has 1 fully saturated rings. The quantitative estimate of drug-likeness (QED) is 0.910. The van der Waals surface area contributed by atoms with Gasteiger partial charge in [-0.1, -0.05) is 6.07 Å². The zero-order chi connectivity index (χ0) is 15.4. The van der Waals surface area contributed by atoms with Crippen LogP contribution in [0.2, 0.25) is 0 Å². The molecule has 0 amide bonds. The fourth-order valence-electron chi connectivity index (χ4n) is 3.14. The SMILES string of the molecule is O=C(O)Cn1nccc1[C@@H]1CCCN(Cc2cccnc2)C1. The van der Waals surface area contributed by atoms with E-state index in [9.17, 15) is 4.79 Å². The summed E-state index contributed by atoms with van der Waals surface area (Å²) < 4.78 is 1.61. The number of hydrogen-bond donors (Lipinski definition) is 1. The van der Waals surface area contributed by atoms with Gasteiger partial charge in [-0.3, -0.25) is 19.4 Å². The summed E-state index contributed by atoms with van der Waals surface area (Å²) in [7, 11) is 0. The maximum absolute atomic E-state index is 10.9. The van der Waals surface area contributed by atoms with Crippen LogP contribution in [0.3, 0.4) is 0 Å². The van der Waals surface area contributed by atoms with Crippen LogP contribution in [-0.2, 0) is 17.9 Å². The van der Waals surface area contributed by atoms with Gasteiger partial charge in [0.25, 0.3) is 0 Å². The molecule has 2 aromatic heterocycles. The summed E-state index contributed by atoms with van der Waals surface area (Å²) in [5, 5.41) is 13.1. The molecule has 22 heavy (non-hydrogen) atoms. The molecule has 0 saturated carbocycles. The Morgan fingerprint density at radius 2 is 2.27 bits per heavy atom. The van der Waals surface area contributed by atoms with Crippen LogP contribution in [0.25, 0.3) is 0 Å². The van der Waals surface area contributed by atoms with Gasteiger partial charge >= 0.3 is 5.97 Å². The summed E-state index contributed by atoms with van der Waals surface area (Å²) in [6, 6.07) is 5.99. The van der Waals surface area contributed by atoms with Crippen LogP contribution in [0.5, 0.6) is 0 Å². The Morgan fingerprint density at radius 3 is 3.05 bits per heavy atom. The number of likely N-dealkylation sites (tertiary alicyclic amines) is 1. The Bertz CT molecular complexity index is 626. The zero-order valence-corrected chi connectivity index (χ0v) is 12.4. The van der Waals surface area contributed by atoms with Crippen molar-refractivity contribution in [2.24, 2.45) is 0 Å². The highest BCUT2D eigenvalue weighted by Gasteiger charge is 2.24. The molecular formula is C16H20N4O2. The van der Waals surface area contributed by atoms with Crippen LogP contribution >= 0.6 is 0 Å². The van der Waals surface area contributed by atoms with Crippen molar-refractivity contribution in [1.29, 1.82) is 0 Å². The zero-order valence-electron chi connectivity index (χ0n) is 12.4. The molecule has 6 nitrogen and oxygen atoms in total. The van der Waals surface area contributed by atoms with Crippen molar-refractivity contribution in [2.75, 3.05) is 13.1 Å². The summed E-state index contributed by atoms with van der Waals surface area (Å²) >= 11 is 0. The molecule has 0 bridgehead atoms. The number of aromatic nitrogens is 3. The van der Waals surface area contributed by atoms with Crippen molar-refractivity contribution in [2.45, 2.75) is 31.8 Å². The number of pyridine rings is 1. The largest absolute Gasteiger partial charge is 0.480 e. The summed E-state index contributed by atoms with van der Waals surface area (Å²) in [6.07, 6.45) is 7.57. The van der Waals surface area contributed by atoms with Crippen molar-refractivity contribution < 1.29 is 9.90 Å². The van der Waals surface area contributed by atoms with Gasteiger partial charge in [-0.25, -0.2) is 0 Å². The summed E-state index contributed by atoms with van der Waals surface area (Å²) in [4.78, 5) is 17.5. The van der Waals surface area contributed by atoms with E-state index in [1.807, 2.05) is 18.3 Å². The number of carbonyl (C=O) groups is 1. The van der Waals surface area contributed by atoms with Gasteiger partial charge in [-0.15, -0.1) is 0 Å². The predicted octanol–water partition coefficient (Wildman–Crippen LogP) is 1.74. The highest BCUT2D eigenvalue weighted by molar-refractivity contribution is 5.66. The maximum atomic E-state index is 10.9. The summed E-state index contributed by atoms with van der Waals surface area (Å²) in [6.45, 7) is 2.82. The number of aliphatic carboxylic acids is 1. The van der Waals surface area contributed by atoms with Gasteiger partial charge in [0.05, 0.1) is 0 Å². The number of carboxylic acid groups (broad SMARTS) is 1. The molecule has 0 radical (unpaired) electrons. The third-order valence-corrected chi connectivity index (χ3v) is 4.09. The first-order valence-corrected chi connectivity index (χ1v) is 7.57. The van der Waals surface area contributed by atoms with Crippen molar-refractivity contribution in [3.05, 3.63) is 48.0 Å². The molecule has 3 heterocycles. The Morgan fingerprint density at radius 1 is 1.36 bits per heavy atom. The van der Waals surface area contributed by atoms with Crippen LogP contribution in [0.1, 0.15) is 30.0 Å². The molecular weight excluding hydrogens is 280 g/mol. The first-order chi connectivity index (χ1) is 10.7. The fraction of sp³-hybridized carbons (Fsp3) is 0.438. The molecule has 0 spiro atoms. The van der Waals surface area contributed by atoms with E-state index in [0.717, 1.165) is 38.2 Å². The Balaban J connectivity index is 1.68. The van der Waals surface area contributed by atoms with E-state index in [-0.39, 0.29) is 6.54 Å². The average Bonchev–Trinajstić information content (AvgIpc) is 2.96. The molecule has 2 aromatic rings. The third-order valence-electron chi connectivity index (χ3n) is 4.09. The number of hydrogen-bond acceptors (Lipinski definition) is 4. The molecule has 1 saturated heterocycles. The Kier molecular flexibility index (Phi) is 4.48. The third kappa shape index (κ3) is 3.51. The van der Waals surface area contributed by atoms with E-state index in [0.29, 0.717) is 5.92 Å². The van der Waals surface area contributed by atoms with Gasteiger partial charge in [-0.2, -0.15) is 5.10 Å². The fourth-order valence-corrected chi connectivity index (χ4v) is 3.14. The van der Waals surface area contributed by atoms with Crippen molar-refractivity contribution in [3.8, 4) is 0 Å². The topological polar surface area (TPSA) is 71.2 Å². The predicted molar refractivity (Wildman–Crippen MR) is 81.4 cm³/mol. The second-order valence-corrected chi connectivity index (χ2v) is 5.74. The second-order valence-electron chi connectivity index (χ2n) is 5.74. The van der Waals surface area contributed by atoms with Gasteiger partial charge < -0.3 is 5.11 Å². The lowest BCUT2D eigenvalue weighted by Crippen LogP contribution is -2.35. The monoisotopic (exact) mass is 300 g/mol. The van der Waals surface area contributed by atoms with Crippen LogP contribution in [-0.4, -0.2) is 43.8 Å². The van der Waals surface area contributed by atoms with Crippen LogP contribution < -0.4 is 0 Å². The highest BCUT2D eigenvalue weighted by atomic mass is 16.4. The first-order valence-electron chi connectivity index (χ1n) is 7.57. The van der Waals surface area contributed by atoms with E-state index < -0.39 is 5.97 Å². The first kappa shape index (κ1) is 14.7. The van der Waals surface area contributed by atoms with Crippen LogP contribution in [0.15, 0.2) is 36.8 Å². The number of piperidine rings is 1. The molecule has 1 aliphatic rings. The molecule has 0 aliphatic carbocycles. The summed E-state index contributed by atoms with van der Waals surface area (Å²) in [5.74, 6) is -0.514. The minimum absolute atomic E-state index is 0.0680. The maximum Gasteiger partial charge on any atom is 0.325 e. The highest BCUT2D eigenvalue weighted by Crippen LogP contribution is 2.27. The van der Waals surface area contributed by atoms with Gasteiger partial charge in [0.15, 0.2) is 0 Å². The van der Waals surface area contributed by atoms with E-state index in [1.54, 1.807) is 17.1 Å². The molecule has 0 aromatic carbocycles. The van der Waals surface area contributed by atoms with Gasteiger partial charge in [0, 0.05) is 43.3 Å². The van der Waals surface area contributed by atoms with E-state index in [1.165, 1.54) is 5.56 Å². The van der Waals surface area contributed by atoms with Crippen LogP contribution in [0.4, 0.5) is 0 Å². The van der Waals surface area contributed by atoms with E-state index in [2.05, 4.69) is 21.0 Å². The van der Waals surface area contributed by atoms with Crippen molar-refractivity contribution >= 4 is 5.97 Å². The lowest BCUT2D eigenvalue weighted by Gasteiger charge is -2.32. The Labute approximate surface area is 129 Å². The minimum Gasteiger partial charge on any atom is -0.480 e. The molecule has 1 N–H and O–H groups in total. The molecule has 1 aliphatic heterocycles. The minimum atomic E-state index is -0.854. The smallest absolute Gasteiger partial charge is 0.325 e. The molecule has 6 heteroatoms. The summed E-state index contributed by atoms with van der Waals surface area (Å²) in [5.41, 5.74) is 2.24. The molecule has 3 rings (SSSR count). The number of carboxylic acids is 1. The van der Waals surface area contributed by atoms with Crippen LogP contribution in [0, 0.1) is 0 Å². The van der Waals surface area contributed by atoms with E-state index >= 15 is 0 Å². The van der Waals surface area contributed by atoms with Gasteiger partial charge in [0.2, 0.25) is 0 Å². The molecule has 1 atom stereocenters. The van der Waals surface area contributed by atoms with E-state index in [4.69, 9.17) is 5.11 Å². The van der Waals surface area contributed by atoms with Gasteiger partial charge in [0.1, 0.15) is 6.54 Å². The standard InChI is InChI=1S/C16H20N4O2/c21-16(22)12-20-15(5-7-18-20)14-4-2-8-19(11-14)10-13-3-1-6-17-9-13/h1,3,5-7,9,14H,2,4,8,10-12H2,(H,21,22)/t14-/m1/s1. The van der Waals surface area contributed by atoms with Crippen molar-refractivity contribution in [1.82, 2.24) is 19.7 Å². The lowest BCUT2D eigenvalue weighted by molar-refractivity contribution is -0.137. The van der Waals surface area contributed by atoms with Gasteiger partial charge in [-0.05, 0) is 37.1 Å². The number of rotatable bonds is 5. The normalized spacial score (nSPS) is 19.2. The average molecular weight is 300 g/mol. The van der Waals surface area contributed by atoms with Crippen molar-refractivity contribution in [3.63, 3.8) is 0 Å².